The number of benzene rings is 8. The minimum Gasteiger partial charge on any atom is -0.455 e. The Bertz CT molecular complexity index is 2790. The molecule has 0 bridgehead atoms. The van der Waals surface area contributed by atoms with Gasteiger partial charge in [-0.2, -0.15) is 0 Å². The third kappa shape index (κ3) is 3.87. The molecule has 0 aliphatic heterocycles. The molecule has 2 aromatic heterocycles. The highest BCUT2D eigenvalue weighted by Gasteiger charge is 2.24. The molecule has 0 N–H and O–H groups in total. The summed E-state index contributed by atoms with van der Waals surface area (Å²) in [5.41, 5.74) is 8.75. The molecule has 47 heavy (non-hydrogen) atoms. The van der Waals surface area contributed by atoms with Crippen LogP contribution in [-0.2, 0) is 0 Å². The van der Waals surface area contributed by atoms with Crippen molar-refractivity contribution in [3.05, 3.63) is 164 Å². The van der Waals surface area contributed by atoms with E-state index >= 15 is 0 Å². The van der Waals surface area contributed by atoms with Crippen LogP contribution in [0.1, 0.15) is 0 Å². The Kier molecular flexibility index (Phi) is 5.57. The molecular formula is C44H27NO2. The van der Waals surface area contributed by atoms with Crippen molar-refractivity contribution < 1.29 is 8.83 Å². The topological polar surface area (TPSA) is 29.5 Å². The summed E-state index contributed by atoms with van der Waals surface area (Å²) < 4.78 is 13.7. The van der Waals surface area contributed by atoms with Crippen LogP contribution in [0.15, 0.2) is 173 Å². The molecule has 0 saturated carbocycles. The van der Waals surface area contributed by atoms with Gasteiger partial charge in [0.25, 0.3) is 0 Å². The van der Waals surface area contributed by atoms with Crippen molar-refractivity contribution in [2.24, 2.45) is 0 Å². The zero-order chi connectivity index (χ0) is 30.9. The van der Waals surface area contributed by atoms with Crippen LogP contribution < -0.4 is 4.90 Å². The number of rotatable bonds is 4. The molecule has 3 heteroatoms. The maximum atomic E-state index is 6.92. The van der Waals surface area contributed by atoms with Gasteiger partial charge in [0, 0.05) is 49.6 Å². The molecule has 0 radical (unpaired) electrons. The van der Waals surface area contributed by atoms with E-state index in [1.807, 2.05) is 6.07 Å². The minimum atomic E-state index is 0.842. The lowest BCUT2D eigenvalue weighted by Crippen LogP contribution is -2.10. The highest BCUT2D eigenvalue weighted by atomic mass is 16.3. The standard InChI is InChI=1S/C44H27NO2/c1-3-13-28(14-4-1)32-21-11-22-35-36-23-12-24-38(44(36)47-42(32)35)45(30-16-5-2-6-17-30)39-27-40-41(34-20-10-9-19-33(34)39)37-26-25-29-15-7-8-18-31(29)43(37)46-40/h1-27H. The second-order valence-electron chi connectivity index (χ2n) is 12.1. The van der Waals surface area contributed by atoms with E-state index in [2.05, 4.69) is 163 Å². The quantitative estimate of drug-likeness (QED) is 0.201. The van der Waals surface area contributed by atoms with Crippen LogP contribution in [0.3, 0.4) is 0 Å². The Morgan fingerprint density at radius 3 is 1.87 bits per heavy atom. The van der Waals surface area contributed by atoms with Crippen LogP contribution in [0.2, 0.25) is 0 Å². The number of hydrogen-bond acceptors (Lipinski definition) is 3. The largest absolute Gasteiger partial charge is 0.455 e. The van der Waals surface area contributed by atoms with Crippen LogP contribution in [0.5, 0.6) is 0 Å². The van der Waals surface area contributed by atoms with Crippen molar-refractivity contribution in [2.75, 3.05) is 4.90 Å². The fourth-order valence-corrected chi connectivity index (χ4v) is 7.35. The van der Waals surface area contributed by atoms with Gasteiger partial charge in [-0.15, -0.1) is 0 Å². The average molecular weight is 602 g/mol. The summed E-state index contributed by atoms with van der Waals surface area (Å²) in [4.78, 5) is 2.32. The Morgan fingerprint density at radius 1 is 0.383 bits per heavy atom. The molecule has 0 aliphatic carbocycles. The first kappa shape index (κ1) is 26.0. The van der Waals surface area contributed by atoms with Crippen molar-refractivity contribution >= 4 is 82.5 Å². The first-order valence-electron chi connectivity index (χ1n) is 15.9. The molecular weight excluding hydrogens is 574 g/mol. The lowest BCUT2D eigenvalue weighted by molar-refractivity contribution is 0.669. The van der Waals surface area contributed by atoms with Gasteiger partial charge in [0.1, 0.15) is 16.7 Å². The van der Waals surface area contributed by atoms with E-state index in [1.165, 1.54) is 5.39 Å². The summed E-state index contributed by atoms with van der Waals surface area (Å²) >= 11 is 0. The lowest BCUT2D eigenvalue weighted by Gasteiger charge is -2.27. The maximum absolute atomic E-state index is 6.92. The summed E-state index contributed by atoms with van der Waals surface area (Å²) in [5, 5.41) is 9.01. The molecule has 0 atom stereocenters. The Labute approximate surface area is 270 Å². The Morgan fingerprint density at radius 2 is 1.04 bits per heavy atom. The van der Waals surface area contributed by atoms with E-state index in [1.54, 1.807) is 0 Å². The summed E-state index contributed by atoms with van der Waals surface area (Å²) in [5.74, 6) is 0. The number of hydrogen-bond donors (Lipinski definition) is 0. The fraction of sp³-hybridized carbons (Fsp3) is 0. The number of nitrogens with zero attached hydrogens (tertiary/aromatic N) is 1. The van der Waals surface area contributed by atoms with Gasteiger partial charge in [0.05, 0.1) is 11.4 Å². The second-order valence-corrected chi connectivity index (χ2v) is 12.1. The number of anilines is 3. The van der Waals surface area contributed by atoms with Crippen LogP contribution >= 0.6 is 0 Å². The first-order valence-corrected chi connectivity index (χ1v) is 15.9. The minimum absolute atomic E-state index is 0.842. The predicted molar refractivity (Wildman–Crippen MR) is 196 cm³/mol. The first-order chi connectivity index (χ1) is 23.3. The van der Waals surface area contributed by atoms with Crippen molar-refractivity contribution in [3.8, 4) is 11.1 Å². The third-order valence-electron chi connectivity index (χ3n) is 9.43. The van der Waals surface area contributed by atoms with Crippen molar-refractivity contribution in [3.63, 3.8) is 0 Å². The molecule has 0 spiro atoms. The maximum Gasteiger partial charge on any atom is 0.159 e. The molecule has 10 aromatic rings. The molecule has 0 saturated heterocycles. The summed E-state index contributed by atoms with van der Waals surface area (Å²) in [6.45, 7) is 0. The van der Waals surface area contributed by atoms with Crippen molar-refractivity contribution in [1.82, 2.24) is 0 Å². The van der Waals surface area contributed by atoms with E-state index in [0.29, 0.717) is 0 Å². The number of fused-ring (bicyclic) bond motifs is 10. The normalized spacial score (nSPS) is 11.8. The zero-order valence-electron chi connectivity index (χ0n) is 25.4. The molecule has 220 valence electrons. The van der Waals surface area contributed by atoms with Gasteiger partial charge in [0.2, 0.25) is 0 Å². The van der Waals surface area contributed by atoms with Gasteiger partial charge < -0.3 is 13.7 Å². The van der Waals surface area contributed by atoms with E-state index < -0.39 is 0 Å². The van der Waals surface area contributed by atoms with Gasteiger partial charge in [-0.3, -0.25) is 0 Å². The smallest absolute Gasteiger partial charge is 0.159 e. The van der Waals surface area contributed by atoms with Crippen molar-refractivity contribution in [1.29, 1.82) is 0 Å². The highest BCUT2D eigenvalue weighted by molar-refractivity contribution is 6.26. The van der Waals surface area contributed by atoms with Gasteiger partial charge in [0.15, 0.2) is 5.58 Å². The molecule has 10 rings (SSSR count). The summed E-state index contributed by atoms with van der Waals surface area (Å²) in [6.07, 6.45) is 0. The zero-order valence-corrected chi connectivity index (χ0v) is 25.4. The molecule has 0 amide bonds. The van der Waals surface area contributed by atoms with Crippen LogP contribution in [0.25, 0.3) is 76.5 Å². The molecule has 0 fully saturated rings. The van der Waals surface area contributed by atoms with Crippen molar-refractivity contribution in [2.45, 2.75) is 0 Å². The van der Waals surface area contributed by atoms with Gasteiger partial charge in [-0.25, -0.2) is 0 Å². The van der Waals surface area contributed by atoms with E-state index in [9.17, 15) is 0 Å². The summed E-state index contributed by atoms with van der Waals surface area (Å²) in [6, 6.07) is 57.5. The van der Waals surface area contributed by atoms with E-state index in [4.69, 9.17) is 8.83 Å². The fourth-order valence-electron chi connectivity index (χ4n) is 7.35. The highest BCUT2D eigenvalue weighted by Crippen LogP contribution is 2.48. The van der Waals surface area contributed by atoms with E-state index in [-0.39, 0.29) is 0 Å². The molecule has 2 heterocycles. The molecule has 0 aliphatic rings. The summed E-state index contributed by atoms with van der Waals surface area (Å²) in [7, 11) is 0. The van der Waals surface area contributed by atoms with Crippen LogP contribution in [-0.4, -0.2) is 0 Å². The van der Waals surface area contributed by atoms with Crippen LogP contribution in [0.4, 0.5) is 17.1 Å². The third-order valence-corrected chi connectivity index (χ3v) is 9.43. The van der Waals surface area contributed by atoms with Gasteiger partial charge in [-0.05, 0) is 40.6 Å². The Balaban J connectivity index is 1.30. The molecule has 8 aromatic carbocycles. The van der Waals surface area contributed by atoms with E-state index in [0.717, 1.165) is 88.2 Å². The average Bonchev–Trinajstić information content (AvgIpc) is 3.72. The van der Waals surface area contributed by atoms with Gasteiger partial charge >= 0.3 is 0 Å². The van der Waals surface area contributed by atoms with Gasteiger partial charge in [-0.1, -0.05) is 133 Å². The molecule has 3 nitrogen and oxygen atoms in total. The number of para-hydroxylation sites is 3. The predicted octanol–water partition coefficient (Wildman–Crippen LogP) is 12.9. The van der Waals surface area contributed by atoms with Crippen LogP contribution in [0, 0.1) is 0 Å². The SMILES string of the molecule is c1ccc(-c2cccc3c2oc2c(N(c4ccccc4)c4cc5oc6c7ccccc7ccc6c5c5ccccc45)cccc23)cc1. The Hall–Kier alpha value is -6.32. The number of furan rings is 2. The second kappa shape index (κ2) is 10.1. The monoisotopic (exact) mass is 601 g/mol. The lowest BCUT2D eigenvalue weighted by atomic mass is 9.99. The molecule has 0 unspecified atom stereocenters.